The van der Waals surface area contributed by atoms with Gasteiger partial charge in [-0.05, 0) is 25.7 Å². The van der Waals surface area contributed by atoms with Crippen molar-refractivity contribution in [3.8, 4) is 0 Å². The molecule has 0 radical (unpaired) electrons. The van der Waals surface area contributed by atoms with Crippen LogP contribution in [0.25, 0.3) is 5.65 Å². The van der Waals surface area contributed by atoms with E-state index in [1.807, 2.05) is 0 Å². The highest BCUT2D eigenvalue weighted by atomic mass is 35.5. The second-order valence-electron chi connectivity index (χ2n) is 6.62. The van der Waals surface area contributed by atoms with Crippen molar-refractivity contribution in [2.24, 2.45) is 11.7 Å². The third-order valence-electron chi connectivity index (χ3n) is 5.00. The minimum Gasteiger partial charge on any atom is -0.352 e. The minimum absolute atomic E-state index is 0. The Morgan fingerprint density at radius 1 is 1.44 bits per heavy atom. The molecule has 0 bridgehead atoms. The fourth-order valence-electron chi connectivity index (χ4n) is 3.63. The number of nitrogens with two attached hydrogens (primary N) is 1. The first-order valence-electron chi connectivity index (χ1n) is 8.65. The maximum atomic E-state index is 12.5. The Labute approximate surface area is 152 Å². The summed E-state index contributed by atoms with van der Waals surface area (Å²) in [5.41, 5.74) is 7.22. The summed E-state index contributed by atoms with van der Waals surface area (Å²) in [7, 11) is 0. The molecule has 1 unspecified atom stereocenters. The summed E-state index contributed by atoms with van der Waals surface area (Å²) in [6.07, 6.45) is 7.57. The lowest BCUT2D eigenvalue weighted by Gasteiger charge is -2.30. The van der Waals surface area contributed by atoms with Gasteiger partial charge in [0.2, 0.25) is 5.91 Å². The lowest BCUT2D eigenvalue weighted by atomic mass is 9.84. The van der Waals surface area contributed by atoms with Crippen LogP contribution < -0.4 is 16.6 Å². The van der Waals surface area contributed by atoms with Gasteiger partial charge in [-0.15, -0.1) is 12.4 Å². The molecule has 1 saturated carbocycles. The van der Waals surface area contributed by atoms with Gasteiger partial charge in [0, 0.05) is 36.1 Å². The molecule has 2 heterocycles. The fourth-order valence-corrected chi connectivity index (χ4v) is 3.63. The number of nitrogens with zero attached hydrogens (tertiary/aromatic N) is 2. The molecule has 0 aliphatic heterocycles. The Bertz CT molecular complexity index is 779. The predicted octanol–water partition coefficient (Wildman–Crippen LogP) is 1.32. The zero-order chi connectivity index (χ0) is 17.1. The number of halogens is 1. The number of amides is 1. The number of aromatic nitrogens is 3. The van der Waals surface area contributed by atoms with Gasteiger partial charge in [0.1, 0.15) is 0 Å². The van der Waals surface area contributed by atoms with Crippen LogP contribution >= 0.6 is 12.4 Å². The number of aryl methyl sites for hydroxylation is 1. The van der Waals surface area contributed by atoms with E-state index >= 15 is 0 Å². The molecule has 0 aromatic carbocycles. The summed E-state index contributed by atoms with van der Waals surface area (Å²) in [4.78, 5) is 29.3. The van der Waals surface area contributed by atoms with Crippen LogP contribution in [0.15, 0.2) is 17.1 Å². The van der Waals surface area contributed by atoms with Crippen molar-refractivity contribution in [3.05, 3.63) is 33.9 Å². The normalized spacial score (nSPS) is 16.4. The number of carbonyl (C=O) groups is 1. The Morgan fingerprint density at radius 3 is 2.84 bits per heavy atom. The third kappa shape index (κ3) is 4.22. The minimum atomic E-state index is -0.223. The van der Waals surface area contributed by atoms with Crippen LogP contribution in [-0.2, 0) is 11.2 Å². The number of hydrogen-bond donors (Lipinski definition) is 3. The SMILES string of the molecule is Cc1nc2cc[nH]n2c(=O)c1CC(=O)NC(CN)C1CCCCC1.Cl. The fraction of sp³-hybridized carbons (Fsp3) is 0.588. The van der Waals surface area contributed by atoms with Crippen LogP contribution in [0.4, 0.5) is 0 Å². The lowest BCUT2D eigenvalue weighted by Crippen LogP contribution is -2.46. The molecule has 8 heteroatoms. The Morgan fingerprint density at radius 2 is 2.16 bits per heavy atom. The van der Waals surface area contributed by atoms with Gasteiger partial charge in [-0.3, -0.25) is 14.7 Å². The van der Waals surface area contributed by atoms with Gasteiger partial charge < -0.3 is 11.1 Å². The van der Waals surface area contributed by atoms with E-state index < -0.39 is 0 Å². The molecule has 1 amide bonds. The van der Waals surface area contributed by atoms with Crippen molar-refractivity contribution in [2.75, 3.05) is 6.54 Å². The molecule has 4 N–H and O–H groups in total. The van der Waals surface area contributed by atoms with Gasteiger partial charge in [0.15, 0.2) is 5.65 Å². The summed E-state index contributed by atoms with van der Waals surface area (Å²) < 4.78 is 1.36. The van der Waals surface area contributed by atoms with Crippen molar-refractivity contribution in [1.29, 1.82) is 0 Å². The van der Waals surface area contributed by atoms with Crippen LogP contribution in [0.3, 0.4) is 0 Å². The van der Waals surface area contributed by atoms with Crippen molar-refractivity contribution in [1.82, 2.24) is 19.9 Å². The molecule has 1 aliphatic rings. The summed E-state index contributed by atoms with van der Waals surface area (Å²) in [6, 6.07) is 1.72. The maximum absolute atomic E-state index is 12.5. The molecule has 7 nitrogen and oxygen atoms in total. The molecule has 0 saturated heterocycles. The average molecular weight is 368 g/mol. The van der Waals surface area contributed by atoms with Crippen LogP contribution in [0, 0.1) is 12.8 Å². The zero-order valence-corrected chi connectivity index (χ0v) is 15.3. The topological polar surface area (TPSA) is 105 Å². The van der Waals surface area contributed by atoms with Gasteiger partial charge in [-0.25, -0.2) is 9.50 Å². The second-order valence-corrected chi connectivity index (χ2v) is 6.62. The van der Waals surface area contributed by atoms with Crippen LogP contribution in [0.2, 0.25) is 0 Å². The zero-order valence-electron chi connectivity index (χ0n) is 14.5. The highest BCUT2D eigenvalue weighted by molar-refractivity contribution is 5.85. The Kier molecular flexibility index (Phi) is 6.61. The van der Waals surface area contributed by atoms with Gasteiger partial charge in [-0.1, -0.05) is 19.3 Å². The van der Waals surface area contributed by atoms with Crippen LogP contribution in [0.1, 0.15) is 43.4 Å². The molecule has 138 valence electrons. The van der Waals surface area contributed by atoms with Crippen LogP contribution in [-0.4, -0.2) is 33.1 Å². The molecule has 3 rings (SSSR count). The van der Waals surface area contributed by atoms with Crippen molar-refractivity contribution in [3.63, 3.8) is 0 Å². The van der Waals surface area contributed by atoms with Gasteiger partial charge >= 0.3 is 0 Å². The monoisotopic (exact) mass is 367 g/mol. The van der Waals surface area contributed by atoms with E-state index in [9.17, 15) is 9.59 Å². The van der Waals surface area contributed by atoms with Gasteiger partial charge in [0.25, 0.3) is 5.56 Å². The molecule has 2 aromatic rings. The molecule has 2 aromatic heterocycles. The molecule has 0 spiro atoms. The quantitative estimate of drug-likeness (QED) is 0.741. The number of hydrogen-bond acceptors (Lipinski definition) is 4. The van der Waals surface area contributed by atoms with E-state index in [2.05, 4.69) is 15.4 Å². The first kappa shape index (κ1) is 19.5. The highest BCUT2D eigenvalue weighted by Crippen LogP contribution is 2.26. The van der Waals surface area contributed by atoms with Crippen molar-refractivity contribution >= 4 is 24.0 Å². The number of rotatable bonds is 5. The summed E-state index contributed by atoms with van der Waals surface area (Å²) in [6.45, 7) is 2.20. The lowest BCUT2D eigenvalue weighted by molar-refractivity contribution is -0.121. The van der Waals surface area contributed by atoms with Crippen molar-refractivity contribution in [2.45, 2.75) is 51.5 Å². The van der Waals surface area contributed by atoms with Gasteiger partial charge in [0.05, 0.1) is 6.42 Å². The molecular formula is C17H26ClN5O2. The first-order chi connectivity index (χ1) is 11.6. The molecule has 1 fully saturated rings. The molecular weight excluding hydrogens is 342 g/mol. The van der Waals surface area contributed by atoms with E-state index in [1.54, 1.807) is 19.2 Å². The number of nitrogens with one attached hydrogen (secondary N) is 2. The van der Waals surface area contributed by atoms with Crippen molar-refractivity contribution < 1.29 is 4.79 Å². The first-order valence-corrected chi connectivity index (χ1v) is 8.65. The Hall–Kier alpha value is -1.86. The van der Waals surface area contributed by atoms with E-state index in [4.69, 9.17) is 5.73 Å². The molecule has 1 atom stereocenters. The molecule has 25 heavy (non-hydrogen) atoms. The standard InChI is InChI=1S/C17H25N5O2.ClH/c1-11-13(17(24)22-15(20-11)7-8-19-22)9-16(23)21-14(10-18)12-5-3-2-4-6-12;/h7-8,12,14,19H,2-6,9-10,18H2,1H3,(H,21,23);1H. The number of fused-ring (bicyclic) bond motifs is 1. The van der Waals surface area contributed by atoms with E-state index in [0.29, 0.717) is 29.4 Å². The second kappa shape index (κ2) is 8.49. The summed E-state index contributed by atoms with van der Waals surface area (Å²) >= 11 is 0. The summed E-state index contributed by atoms with van der Waals surface area (Å²) in [5.74, 6) is 0.281. The number of carbonyl (C=O) groups excluding carboxylic acids is 1. The number of aromatic amines is 1. The smallest absolute Gasteiger partial charge is 0.276 e. The third-order valence-corrected chi connectivity index (χ3v) is 5.00. The maximum Gasteiger partial charge on any atom is 0.276 e. The van der Waals surface area contributed by atoms with E-state index in [-0.39, 0.29) is 36.3 Å². The van der Waals surface area contributed by atoms with Gasteiger partial charge in [-0.2, -0.15) is 0 Å². The Balaban J connectivity index is 0.00000225. The summed E-state index contributed by atoms with van der Waals surface area (Å²) in [5, 5.41) is 5.85. The van der Waals surface area contributed by atoms with Crippen LogP contribution in [0.5, 0.6) is 0 Å². The molecule has 1 aliphatic carbocycles. The average Bonchev–Trinajstić information content (AvgIpc) is 3.05. The van der Waals surface area contributed by atoms with E-state index in [1.165, 1.54) is 23.8 Å². The number of H-pyrrole nitrogens is 1. The van der Waals surface area contributed by atoms with E-state index in [0.717, 1.165) is 12.8 Å². The largest absolute Gasteiger partial charge is 0.352 e. The highest BCUT2D eigenvalue weighted by Gasteiger charge is 2.24. The predicted molar refractivity (Wildman–Crippen MR) is 99.1 cm³/mol.